The number of carboxylic acid groups (broad SMARTS) is 1. The van der Waals surface area contributed by atoms with Crippen molar-refractivity contribution in [1.29, 1.82) is 0 Å². The molecule has 0 amide bonds. The third-order valence-electron chi connectivity index (χ3n) is 0.135. The Morgan fingerprint density at radius 3 is 2.00 bits per heavy atom. The molecule has 2 N–H and O–H groups in total. The van der Waals surface area contributed by atoms with Crippen LogP contribution in [0.4, 0.5) is 0 Å². The van der Waals surface area contributed by atoms with E-state index in [2.05, 4.69) is 24.8 Å². The van der Waals surface area contributed by atoms with Crippen LogP contribution in [-0.2, 0) is 4.79 Å². The normalized spacial score (nSPS) is 6.12. The van der Waals surface area contributed by atoms with Crippen LogP contribution in [0.2, 0.25) is 0 Å². The van der Waals surface area contributed by atoms with E-state index in [4.69, 9.17) is 10.2 Å². The SMILES string of the molecule is O=C(O)CS.OC=S. The number of aliphatic carboxylic acids is 1. The molecule has 5 heteroatoms. The van der Waals surface area contributed by atoms with Crippen molar-refractivity contribution in [1.82, 2.24) is 0 Å². The molecule has 0 atom stereocenters. The standard InChI is InChI=1S/C2H4O2S.CH2OS/c3-2(4)1-5;2-1-3/h5H,1H2,(H,3,4);1H,(H,2,3). The number of hydrogen-bond acceptors (Lipinski definition) is 3. The quantitative estimate of drug-likeness (QED) is 0.380. The summed E-state index contributed by atoms with van der Waals surface area (Å²) in [5.74, 6) is -0.965. The van der Waals surface area contributed by atoms with Crippen molar-refractivity contribution in [2.75, 3.05) is 5.75 Å². The van der Waals surface area contributed by atoms with Gasteiger partial charge in [-0.1, -0.05) is 0 Å². The van der Waals surface area contributed by atoms with Gasteiger partial charge in [-0.15, -0.1) is 0 Å². The van der Waals surface area contributed by atoms with E-state index in [1.165, 1.54) is 0 Å². The molecule has 0 aromatic heterocycles. The Labute approximate surface area is 57.7 Å². The number of rotatable bonds is 1. The number of carbonyl (C=O) groups is 1. The first-order valence-corrected chi connectivity index (χ1v) is 2.70. The van der Waals surface area contributed by atoms with Crippen LogP contribution in [-0.4, -0.2) is 27.5 Å². The van der Waals surface area contributed by atoms with E-state index in [0.717, 1.165) is 0 Å². The van der Waals surface area contributed by atoms with Crippen molar-refractivity contribution in [3.05, 3.63) is 0 Å². The molecule has 0 saturated heterocycles. The molecule has 0 spiro atoms. The molecule has 8 heavy (non-hydrogen) atoms. The zero-order valence-electron chi connectivity index (χ0n) is 3.94. The average molecular weight is 154 g/mol. The van der Waals surface area contributed by atoms with Gasteiger partial charge in [0.05, 0.1) is 5.75 Å². The second kappa shape index (κ2) is 9.86. The second-order valence-electron chi connectivity index (χ2n) is 0.657. The molecule has 0 aromatic rings. The monoisotopic (exact) mass is 154 g/mol. The lowest BCUT2D eigenvalue weighted by atomic mass is 10.8. The predicted molar refractivity (Wildman–Crippen MR) is 37.8 cm³/mol. The summed E-state index contributed by atoms with van der Waals surface area (Å²) in [6.07, 6.45) is 0. The third-order valence-corrected chi connectivity index (χ3v) is 0.406. The van der Waals surface area contributed by atoms with Gasteiger partial charge in [0.25, 0.3) is 0 Å². The maximum absolute atomic E-state index is 9.29. The highest BCUT2D eigenvalue weighted by Gasteiger charge is 1.81. The van der Waals surface area contributed by atoms with Crippen molar-refractivity contribution in [3.8, 4) is 0 Å². The van der Waals surface area contributed by atoms with Crippen molar-refractivity contribution in [2.45, 2.75) is 0 Å². The molecule has 0 aromatic carbocycles. The molecular formula is C3H6O3S2. The fourth-order valence-corrected chi connectivity index (χ4v) is 0. The van der Waals surface area contributed by atoms with Gasteiger partial charge in [-0.3, -0.25) is 4.79 Å². The molecule has 3 nitrogen and oxygen atoms in total. The predicted octanol–water partition coefficient (Wildman–Crippen LogP) is 0.502. The second-order valence-corrected chi connectivity index (χ2v) is 1.18. The van der Waals surface area contributed by atoms with Crippen LogP contribution in [0.1, 0.15) is 0 Å². The Morgan fingerprint density at radius 1 is 1.88 bits per heavy atom. The smallest absolute Gasteiger partial charge is 0.313 e. The zero-order valence-corrected chi connectivity index (χ0v) is 5.65. The Bertz CT molecular complexity index is 72.9. The van der Waals surface area contributed by atoms with E-state index in [1.807, 2.05) is 0 Å². The Hall–Kier alpha value is -0.290. The minimum Gasteiger partial charge on any atom is -0.504 e. The summed E-state index contributed by atoms with van der Waals surface area (Å²) in [6, 6.07) is 0. The van der Waals surface area contributed by atoms with Crippen molar-refractivity contribution in [3.63, 3.8) is 0 Å². The van der Waals surface area contributed by atoms with Gasteiger partial charge in [0.1, 0.15) is 5.55 Å². The molecule has 0 rings (SSSR count). The molecule has 0 aliphatic carbocycles. The van der Waals surface area contributed by atoms with Crippen LogP contribution in [0.3, 0.4) is 0 Å². The largest absolute Gasteiger partial charge is 0.504 e. The first-order chi connectivity index (χ1) is 3.68. The molecule has 0 fully saturated rings. The molecule has 0 heterocycles. The highest BCUT2D eigenvalue weighted by atomic mass is 32.1. The van der Waals surface area contributed by atoms with Crippen molar-refractivity contribution >= 4 is 36.4 Å². The minimum atomic E-state index is -0.881. The van der Waals surface area contributed by atoms with Gasteiger partial charge in [0.2, 0.25) is 0 Å². The van der Waals surface area contributed by atoms with Gasteiger partial charge in [0.15, 0.2) is 0 Å². The minimum absolute atomic E-state index is 0.0833. The van der Waals surface area contributed by atoms with Crippen LogP contribution in [0.25, 0.3) is 0 Å². The van der Waals surface area contributed by atoms with Gasteiger partial charge >= 0.3 is 5.97 Å². The van der Waals surface area contributed by atoms with Gasteiger partial charge in [-0.05, 0) is 12.2 Å². The van der Waals surface area contributed by atoms with Gasteiger partial charge in [0, 0.05) is 0 Å². The van der Waals surface area contributed by atoms with Crippen LogP contribution >= 0.6 is 24.8 Å². The molecule has 48 valence electrons. The lowest BCUT2D eigenvalue weighted by Gasteiger charge is -1.71. The molecule has 0 saturated carbocycles. The van der Waals surface area contributed by atoms with Gasteiger partial charge in [-0.25, -0.2) is 0 Å². The van der Waals surface area contributed by atoms with E-state index < -0.39 is 5.97 Å². The summed E-state index contributed by atoms with van der Waals surface area (Å²) >= 11 is 7.24. The highest BCUT2D eigenvalue weighted by molar-refractivity contribution is 7.81. The Balaban J connectivity index is 0. The maximum Gasteiger partial charge on any atom is 0.313 e. The van der Waals surface area contributed by atoms with E-state index in [-0.39, 0.29) is 5.75 Å². The third kappa shape index (κ3) is 43.3. The van der Waals surface area contributed by atoms with E-state index >= 15 is 0 Å². The van der Waals surface area contributed by atoms with Crippen LogP contribution in [0.5, 0.6) is 0 Å². The van der Waals surface area contributed by atoms with Crippen LogP contribution < -0.4 is 0 Å². The van der Waals surface area contributed by atoms with E-state index in [0.29, 0.717) is 5.55 Å². The number of carboxylic acids is 1. The van der Waals surface area contributed by atoms with Gasteiger partial charge < -0.3 is 10.2 Å². The van der Waals surface area contributed by atoms with E-state index in [9.17, 15) is 4.79 Å². The molecule has 0 bridgehead atoms. The molecule has 0 aliphatic heterocycles. The lowest BCUT2D eigenvalue weighted by molar-refractivity contribution is -0.133. The average Bonchev–Trinajstić information content (AvgIpc) is 1.69. The molecule has 0 aliphatic rings. The Kier molecular flexibility index (Phi) is 13.1. The number of hydrogen-bond donors (Lipinski definition) is 3. The fraction of sp³-hybridized carbons (Fsp3) is 0.333. The molecular weight excluding hydrogens is 148 g/mol. The number of thiol groups is 1. The molecule has 0 unspecified atom stereocenters. The topological polar surface area (TPSA) is 57.5 Å². The van der Waals surface area contributed by atoms with Crippen molar-refractivity contribution < 1.29 is 15.0 Å². The van der Waals surface area contributed by atoms with E-state index in [1.54, 1.807) is 0 Å². The maximum atomic E-state index is 9.29. The first kappa shape index (κ1) is 10.6. The first-order valence-electron chi connectivity index (χ1n) is 1.59. The summed E-state index contributed by atoms with van der Waals surface area (Å²) < 4.78 is 0. The summed E-state index contributed by atoms with van der Waals surface area (Å²) in [4.78, 5) is 9.29. The zero-order chi connectivity index (χ0) is 6.99. The summed E-state index contributed by atoms with van der Waals surface area (Å²) in [7, 11) is 0. The summed E-state index contributed by atoms with van der Waals surface area (Å²) in [5, 5.41) is 14.9. The number of aliphatic hydroxyl groups excluding tert-OH is 1. The summed E-state index contributed by atoms with van der Waals surface area (Å²) in [6.45, 7) is 0. The van der Waals surface area contributed by atoms with Crippen LogP contribution in [0.15, 0.2) is 0 Å². The van der Waals surface area contributed by atoms with Crippen molar-refractivity contribution in [2.24, 2.45) is 0 Å². The number of thiocarbonyl (C=S) groups is 1. The molecule has 0 radical (unpaired) electrons. The van der Waals surface area contributed by atoms with Crippen LogP contribution in [0, 0.1) is 0 Å². The highest BCUT2D eigenvalue weighted by Crippen LogP contribution is 1.66. The summed E-state index contributed by atoms with van der Waals surface area (Å²) in [5.41, 5.74) is 0.583. The fourth-order valence-electron chi connectivity index (χ4n) is 0. The number of aliphatic hydroxyl groups is 1. The lowest BCUT2D eigenvalue weighted by Crippen LogP contribution is -1.92. The Morgan fingerprint density at radius 2 is 2.00 bits per heavy atom. The van der Waals surface area contributed by atoms with Gasteiger partial charge in [-0.2, -0.15) is 12.6 Å².